The van der Waals surface area contributed by atoms with Crippen molar-refractivity contribution in [2.24, 2.45) is 0 Å². The van der Waals surface area contributed by atoms with Gasteiger partial charge < -0.3 is 5.32 Å². The Kier molecular flexibility index (Phi) is 3.83. The van der Waals surface area contributed by atoms with Crippen molar-refractivity contribution in [2.45, 2.75) is 25.3 Å². The van der Waals surface area contributed by atoms with E-state index in [9.17, 15) is 4.79 Å². The number of benzene rings is 1. The van der Waals surface area contributed by atoms with E-state index >= 15 is 0 Å². The van der Waals surface area contributed by atoms with Gasteiger partial charge in [0.05, 0.1) is 23.1 Å². The van der Waals surface area contributed by atoms with Crippen LogP contribution in [0, 0.1) is 0 Å². The number of nitrogens with zero attached hydrogens (tertiary/aromatic N) is 3. The van der Waals surface area contributed by atoms with Gasteiger partial charge in [0.25, 0.3) is 5.91 Å². The van der Waals surface area contributed by atoms with Gasteiger partial charge in [-0.15, -0.1) is 0 Å². The lowest BCUT2D eigenvalue weighted by molar-refractivity contribution is 0.0950. The second-order valence-corrected chi connectivity index (χ2v) is 6.01. The molecule has 1 saturated carbocycles. The first kappa shape index (κ1) is 14.6. The molecule has 5 nitrogen and oxygen atoms in total. The van der Waals surface area contributed by atoms with Gasteiger partial charge in [0.1, 0.15) is 0 Å². The summed E-state index contributed by atoms with van der Waals surface area (Å²) >= 11 is 0. The van der Waals surface area contributed by atoms with Crippen LogP contribution in [-0.4, -0.2) is 20.7 Å². The summed E-state index contributed by atoms with van der Waals surface area (Å²) in [6, 6.07) is 13.8. The Morgan fingerprint density at radius 2 is 1.96 bits per heavy atom. The number of rotatable bonds is 5. The maximum atomic E-state index is 12.6. The smallest absolute Gasteiger partial charge is 0.255 e. The van der Waals surface area contributed by atoms with E-state index in [-0.39, 0.29) is 5.91 Å². The van der Waals surface area contributed by atoms with E-state index < -0.39 is 0 Å². The first-order valence-electron chi connectivity index (χ1n) is 8.13. The van der Waals surface area contributed by atoms with Crippen LogP contribution in [0.4, 0.5) is 0 Å². The van der Waals surface area contributed by atoms with Crippen molar-refractivity contribution < 1.29 is 4.79 Å². The number of amides is 1. The Bertz CT molecular complexity index is 838. The number of carbonyl (C=O) groups excluding carboxylic acids is 1. The summed E-state index contributed by atoms with van der Waals surface area (Å²) < 4.78 is 1.90. The van der Waals surface area contributed by atoms with Crippen LogP contribution in [-0.2, 0) is 6.54 Å². The molecule has 5 heteroatoms. The molecule has 1 aromatic carbocycles. The second-order valence-electron chi connectivity index (χ2n) is 6.01. The summed E-state index contributed by atoms with van der Waals surface area (Å²) in [6.07, 6.45) is 7.39. The SMILES string of the molecule is O=C(NCc1cccnc1)c1cnn(-c2ccccc2)c1C1CC1. The third kappa shape index (κ3) is 2.93. The molecule has 1 aliphatic rings. The second kappa shape index (κ2) is 6.28. The molecule has 0 bridgehead atoms. The third-order valence-electron chi connectivity index (χ3n) is 4.19. The first-order chi connectivity index (χ1) is 11.8. The van der Waals surface area contributed by atoms with Gasteiger partial charge in [-0.1, -0.05) is 24.3 Å². The van der Waals surface area contributed by atoms with Crippen LogP contribution in [0.25, 0.3) is 5.69 Å². The molecule has 2 aromatic heterocycles. The van der Waals surface area contributed by atoms with Crippen LogP contribution in [0.3, 0.4) is 0 Å². The molecule has 4 rings (SSSR count). The largest absolute Gasteiger partial charge is 0.348 e. The Labute approximate surface area is 140 Å². The summed E-state index contributed by atoms with van der Waals surface area (Å²) in [5.74, 6) is 0.342. The molecule has 24 heavy (non-hydrogen) atoms. The minimum Gasteiger partial charge on any atom is -0.348 e. The Morgan fingerprint density at radius 1 is 1.12 bits per heavy atom. The van der Waals surface area contributed by atoms with Crippen molar-refractivity contribution in [1.29, 1.82) is 0 Å². The molecule has 2 heterocycles. The van der Waals surface area contributed by atoms with E-state index in [0.29, 0.717) is 18.0 Å². The maximum absolute atomic E-state index is 12.6. The number of aromatic nitrogens is 3. The van der Waals surface area contributed by atoms with Crippen LogP contribution in [0.1, 0.15) is 40.4 Å². The van der Waals surface area contributed by atoms with Crippen molar-refractivity contribution in [3.63, 3.8) is 0 Å². The van der Waals surface area contributed by atoms with Crippen molar-refractivity contribution >= 4 is 5.91 Å². The topological polar surface area (TPSA) is 59.8 Å². The predicted molar refractivity (Wildman–Crippen MR) is 90.9 cm³/mol. The lowest BCUT2D eigenvalue weighted by atomic mass is 10.1. The van der Waals surface area contributed by atoms with Crippen molar-refractivity contribution in [3.8, 4) is 5.69 Å². The van der Waals surface area contributed by atoms with Crippen LogP contribution < -0.4 is 5.32 Å². The molecule has 0 unspecified atom stereocenters. The Morgan fingerprint density at radius 3 is 2.67 bits per heavy atom. The van der Waals surface area contributed by atoms with E-state index in [1.807, 2.05) is 47.1 Å². The highest BCUT2D eigenvalue weighted by Crippen LogP contribution is 2.42. The number of pyridine rings is 1. The van der Waals surface area contributed by atoms with Crippen LogP contribution in [0.5, 0.6) is 0 Å². The fourth-order valence-corrected chi connectivity index (χ4v) is 2.84. The molecule has 1 amide bonds. The van der Waals surface area contributed by atoms with Crippen LogP contribution in [0.15, 0.2) is 61.1 Å². The van der Waals surface area contributed by atoms with E-state index in [2.05, 4.69) is 15.4 Å². The zero-order chi connectivity index (χ0) is 16.4. The zero-order valence-corrected chi connectivity index (χ0v) is 13.2. The van der Waals surface area contributed by atoms with E-state index in [0.717, 1.165) is 29.8 Å². The fraction of sp³-hybridized carbons (Fsp3) is 0.211. The van der Waals surface area contributed by atoms with Gasteiger partial charge in [0.15, 0.2) is 0 Å². The van der Waals surface area contributed by atoms with Gasteiger partial charge in [-0.05, 0) is 36.6 Å². The van der Waals surface area contributed by atoms with Gasteiger partial charge in [-0.2, -0.15) is 5.10 Å². The molecule has 0 radical (unpaired) electrons. The van der Waals surface area contributed by atoms with Crippen LogP contribution in [0.2, 0.25) is 0 Å². The highest BCUT2D eigenvalue weighted by Gasteiger charge is 2.32. The number of nitrogens with one attached hydrogen (secondary N) is 1. The quantitative estimate of drug-likeness (QED) is 0.786. The summed E-state index contributed by atoms with van der Waals surface area (Å²) in [6.45, 7) is 0.466. The number of carbonyl (C=O) groups is 1. The van der Waals surface area contributed by atoms with Crippen LogP contribution >= 0.6 is 0 Å². The highest BCUT2D eigenvalue weighted by atomic mass is 16.1. The van der Waals surface area contributed by atoms with E-state index in [1.165, 1.54) is 0 Å². The maximum Gasteiger partial charge on any atom is 0.255 e. The third-order valence-corrected chi connectivity index (χ3v) is 4.19. The highest BCUT2D eigenvalue weighted by molar-refractivity contribution is 5.95. The van der Waals surface area contributed by atoms with Crippen molar-refractivity contribution in [1.82, 2.24) is 20.1 Å². The standard InChI is InChI=1S/C19H18N4O/c24-19(21-12-14-5-4-10-20-11-14)17-13-22-23(18(17)15-8-9-15)16-6-2-1-3-7-16/h1-7,10-11,13,15H,8-9,12H2,(H,21,24). The molecule has 0 atom stereocenters. The fourth-order valence-electron chi connectivity index (χ4n) is 2.84. The molecule has 1 aliphatic carbocycles. The Balaban J connectivity index is 1.59. The molecule has 0 saturated heterocycles. The summed E-state index contributed by atoms with van der Waals surface area (Å²) in [5.41, 5.74) is 3.66. The van der Waals surface area contributed by atoms with E-state index in [4.69, 9.17) is 0 Å². The lowest BCUT2D eigenvalue weighted by Crippen LogP contribution is -2.23. The summed E-state index contributed by atoms with van der Waals surface area (Å²) in [7, 11) is 0. The average Bonchev–Trinajstić information content (AvgIpc) is 3.39. The zero-order valence-electron chi connectivity index (χ0n) is 13.2. The molecule has 0 spiro atoms. The normalized spacial score (nSPS) is 13.7. The molecule has 0 aliphatic heterocycles. The summed E-state index contributed by atoms with van der Waals surface area (Å²) in [4.78, 5) is 16.7. The van der Waals surface area contributed by atoms with Gasteiger partial charge in [-0.3, -0.25) is 9.78 Å². The molecular weight excluding hydrogens is 300 g/mol. The molecular formula is C19H18N4O. The summed E-state index contributed by atoms with van der Waals surface area (Å²) in [5, 5.41) is 7.44. The van der Waals surface area contributed by atoms with Crippen molar-refractivity contribution in [3.05, 3.63) is 77.9 Å². The minimum atomic E-state index is -0.0806. The number of hydrogen-bond acceptors (Lipinski definition) is 3. The lowest BCUT2D eigenvalue weighted by Gasteiger charge is -2.09. The molecule has 120 valence electrons. The number of para-hydroxylation sites is 1. The Hall–Kier alpha value is -2.95. The molecule has 1 fully saturated rings. The minimum absolute atomic E-state index is 0.0806. The van der Waals surface area contributed by atoms with Crippen molar-refractivity contribution in [2.75, 3.05) is 0 Å². The van der Waals surface area contributed by atoms with Gasteiger partial charge >= 0.3 is 0 Å². The van der Waals surface area contributed by atoms with Gasteiger partial charge in [0.2, 0.25) is 0 Å². The molecule has 1 N–H and O–H groups in total. The van der Waals surface area contributed by atoms with E-state index in [1.54, 1.807) is 18.6 Å². The monoisotopic (exact) mass is 318 g/mol. The van der Waals surface area contributed by atoms with Gasteiger partial charge in [0, 0.05) is 24.9 Å². The average molecular weight is 318 g/mol. The van der Waals surface area contributed by atoms with Gasteiger partial charge in [-0.25, -0.2) is 4.68 Å². The predicted octanol–water partition coefficient (Wildman–Crippen LogP) is 3.07. The first-order valence-corrected chi connectivity index (χ1v) is 8.13. The number of hydrogen-bond donors (Lipinski definition) is 1. The molecule has 3 aromatic rings.